The average molecular weight is 260 g/mol. The zero-order chi connectivity index (χ0) is 13.2. The fraction of sp³-hybridized carbons (Fsp3) is 0.533. The molecule has 0 spiro atoms. The zero-order valence-corrected chi connectivity index (χ0v) is 11.0. The molecular weight excluding hydrogens is 240 g/mol. The highest BCUT2D eigenvalue weighted by Gasteiger charge is 2.36. The van der Waals surface area contributed by atoms with Crippen LogP contribution < -0.4 is 10.5 Å². The monoisotopic (exact) mass is 260 g/mol. The third kappa shape index (κ3) is 2.59. The summed E-state index contributed by atoms with van der Waals surface area (Å²) in [6.07, 6.45) is 3.02. The van der Waals surface area contributed by atoms with Crippen molar-refractivity contribution in [1.82, 2.24) is 4.90 Å². The van der Waals surface area contributed by atoms with E-state index in [0.717, 1.165) is 30.6 Å². The molecule has 4 nitrogen and oxygen atoms in total. The number of rotatable bonds is 4. The van der Waals surface area contributed by atoms with Crippen LogP contribution in [-0.4, -0.2) is 36.5 Å². The quantitative estimate of drug-likeness (QED) is 0.884. The van der Waals surface area contributed by atoms with Gasteiger partial charge in [0.2, 0.25) is 5.91 Å². The van der Waals surface area contributed by atoms with Gasteiger partial charge in [-0.25, -0.2) is 0 Å². The number of nitrogens with two attached hydrogens (primary N) is 1. The van der Waals surface area contributed by atoms with Crippen molar-refractivity contribution < 1.29 is 9.53 Å². The molecule has 1 aliphatic carbocycles. The predicted molar refractivity (Wildman–Crippen MR) is 72.9 cm³/mol. The second-order valence-corrected chi connectivity index (χ2v) is 5.37. The van der Waals surface area contributed by atoms with Crippen LogP contribution in [0.15, 0.2) is 24.3 Å². The van der Waals surface area contributed by atoms with Crippen molar-refractivity contribution in [2.24, 2.45) is 11.7 Å². The number of fused-ring (bicyclic) bond motifs is 1. The molecule has 102 valence electrons. The zero-order valence-electron chi connectivity index (χ0n) is 11.0. The predicted octanol–water partition coefficient (Wildman–Crippen LogP) is 1.19. The van der Waals surface area contributed by atoms with Crippen molar-refractivity contribution in [2.75, 3.05) is 19.7 Å². The third-order valence-corrected chi connectivity index (χ3v) is 3.87. The SMILES string of the molecule is NCCN(C(=O)C1COc2ccccc2C1)C1CC1. The summed E-state index contributed by atoms with van der Waals surface area (Å²) in [5, 5.41) is 0. The molecule has 19 heavy (non-hydrogen) atoms. The van der Waals surface area contributed by atoms with Crippen molar-refractivity contribution in [1.29, 1.82) is 0 Å². The molecule has 0 radical (unpaired) electrons. The molecule has 3 rings (SSSR count). The molecule has 0 aromatic heterocycles. The second-order valence-electron chi connectivity index (χ2n) is 5.37. The van der Waals surface area contributed by atoms with Crippen molar-refractivity contribution in [3.05, 3.63) is 29.8 Å². The van der Waals surface area contributed by atoms with E-state index in [1.165, 1.54) is 0 Å². The number of amides is 1. The fourth-order valence-electron chi connectivity index (χ4n) is 2.72. The Morgan fingerprint density at radius 3 is 2.89 bits per heavy atom. The number of benzene rings is 1. The van der Waals surface area contributed by atoms with Gasteiger partial charge >= 0.3 is 0 Å². The van der Waals surface area contributed by atoms with Gasteiger partial charge in [-0.3, -0.25) is 4.79 Å². The van der Waals surface area contributed by atoms with Crippen LogP contribution in [0.3, 0.4) is 0 Å². The number of nitrogens with zero attached hydrogens (tertiary/aromatic N) is 1. The van der Waals surface area contributed by atoms with Gasteiger partial charge in [-0.15, -0.1) is 0 Å². The molecule has 2 N–H and O–H groups in total. The molecule has 0 bridgehead atoms. The molecule has 1 fully saturated rings. The lowest BCUT2D eigenvalue weighted by Gasteiger charge is -2.30. The molecule has 4 heteroatoms. The molecule has 0 saturated heterocycles. The molecule has 1 amide bonds. The minimum Gasteiger partial charge on any atom is -0.492 e. The number of carbonyl (C=O) groups excluding carboxylic acids is 1. The lowest BCUT2D eigenvalue weighted by Crippen LogP contribution is -2.44. The highest BCUT2D eigenvalue weighted by molar-refractivity contribution is 5.80. The number of carbonyl (C=O) groups is 1. The van der Waals surface area contributed by atoms with Crippen LogP contribution in [0.4, 0.5) is 0 Å². The van der Waals surface area contributed by atoms with E-state index < -0.39 is 0 Å². The Kier molecular flexibility index (Phi) is 3.42. The highest BCUT2D eigenvalue weighted by atomic mass is 16.5. The summed E-state index contributed by atoms with van der Waals surface area (Å²) in [5.74, 6) is 1.08. The number of hydrogen-bond donors (Lipinski definition) is 1. The summed E-state index contributed by atoms with van der Waals surface area (Å²) in [4.78, 5) is 14.5. The highest BCUT2D eigenvalue weighted by Crippen LogP contribution is 2.31. The summed E-state index contributed by atoms with van der Waals surface area (Å²) >= 11 is 0. The van der Waals surface area contributed by atoms with Gasteiger partial charge in [0.15, 0.2) is 0 Å². The van der Waals surface area contributed by atoms with Crippen molar-refractivity contribution in [3.63, 3.8) is 0 Å². The second kappa shape index (κ2) is 5.21. The molecule has 1 saturated carbocycles. The van der Waals surface area contributed by atoms with Crippen molar-refractivity contribution in [2.45, 2.75) is 25.3 Å². The molecule has 1 aromatic carbocycles. The van der Waals surface area contributed by atoms with Gasteiger partial charge < -0.3 is 15.4 Å². The Hall–Kier alpha value is -1.55. The number of para-hydroxylation sites is 1. The van der Waals surface area contributed by atoms with Crippen molar-refractivity contribution in [3.8, 4) is 5.75 Å². The molecular formula is C15H20N2O2. The Bertz CT molecular complexity index is 471. The standard InChI is InChI=1S/C15H20N2O2/c16-7-8-17(13-5-6-13)15(18)12-9-11-3-1-2-4-14(11)19-10-12/h1-4,12-13H,5-10,16H2. The fourth-order valence-corrected chi connectivity index (χ4v) is 2.72. The normalized spacial score (nSPS) is 21.4. The third-order valence-electron chi connectivity index (χ3n) is 3.87. The van der Waals surface area contributed by atoms with Crippen molar-refractivity contribution >= 4 is 5.91 Å². The molecule has 1 unspecified atom stereocenters. The van der Waals surface area contributed by atoms with E-state index in [1.54, 1.807) is 0 Å². The van der Waals surface area contributed by atoms with Gasteiger partial charge in [-0.2, -0.15) is 0 Å². The van der Waals surface area contributed by atoms with Crippen LogP contribution in [0.2, 0.25) is 0 Å². The van der Waals surface area contributed by atoms with E-state index in [4.69, 9.17) is 10.5 Å². The van der Waals surface area contributed by atoms with E-state index in [-0.39, 0.29) is 11.8 Å². The Morgan fingerprint density at radius 2 is 2.16 bits per heavy atom. The first-order valence-electron chi connectivity index (χ1n) is 7.01. The molecule has 1 aliphatic heterocycles. The van der Waals surface area contributed by atoms with E-state index >= 15 is 0 Å². The maximum Gasteiger partial charge on any atom is 0.229 e. The Balaban J connectivity index is 1.71. The van der Waals surface area contributed by atoms with Gasteiger partial charge in [0.25, 0.3) is 0 Å². The summed E-state index contributed by atoms with van der Waals surface area (Å²) in [5.41, 5.74) is 6.75. The Labute approximate surface area is 113 Å². The lowest BCUT2D eigenvalue weighted by molar-refractivity contribution is -0.137. The number of ether oxygens (including phenoxy) is 1. The molecule has 2 aliphatic rings. The molecule has 1 aromatic rings. The lowest BCUT2D eigenvalue weighted by atomic mass is 9.95. The topological polar surface area (TPSA) is 55.6 Å². The van der Waals surface area contributed by atoms with Crippen LogP contribution in [-0.2, 0) is 11.2 Å². The first-order chi connectivity index (χ1) is 9.29. The molecule has 1 heterocycles. The minimum absolute atomic E-state index is 0.0537. The summed E-state index contributed by atoms with van der Waals surface area (Å²) in [7, 11) is 0. The summed E-state index contributed by atoms with van der Waals surface area (Å²) in [6, 6.07) is 8.39. The van der Waals surface area contributed by atoms with Crippen LogP contribution in [0.25, 0.3) is 0 Å². The maximum absolute atomic E-state index is 12.6. The van der Waals surface area contributed by atoms with Gasteiger partial charge in [0.05, 0.1) is 5.92 Å². The maximum atomic E-state index is 12.6. The van der Waals surface area contributed by atoms with Crippen LogP contribution >= 0.6 is 0 Å². The van der Waals surface area contributed by atoms with Crippen LogP contribution in [0.1, 0.15) is 18.4 Å². The first kappa shape index (κ1) is 12.5. The average Bonchev–Trinajstić information content (AvgIpc) is 3.28. The number of hydrogen-bond acceptors (Lipinski definition) is 3. The Morgan fingerprint density at radius 1 is 1.37 bits per heavy atom. The van der Waals surface area contributed by atoms with E-state index in [2.05, 4.69) is 0 Å². The van der Waals surface area contributed by atoms with Gasteiger partial charge in [0.1, 0.15) is 12.4 Å². The first-order valence-corrected chi connectivity index (χ1v) is 7.01. The largest absolute Gasteiger partial charge is 0.492 e. The summed E-state index contributed by atoms with van der Waals surface area (Å²) < 4.78 is 5.71. The van der Waals surface area contributed by atoms with Gasteiger partial charge in [-0.05, 0) is 30.9 Å². The smallest absolute Gasteiger partial charge is 0.229 e. The van der Waals surface area contributed by atoms with Crippen LogP contribution in [0, 0.1) is 5.92 Å². The van der Waals surface area contributed by atoms with Gasteiger partial charge in [-0.1, -0.05) is 18.2 Å². The summed E-state index contributed by atoms with van der Waals surface area (Å²) in [6.45, 7) is 1.69. The minimum atomic E-state index is -0.0537. The van der Waals surface area contributed by atoms with Gasteiger partial charge in [0, 0.05) is 19.1 Å². The van der Waals surface area contributed by atoms with E-state index in [0.29, 0.717) is 25.7 Å². The van der Waals surface area contributed by atoms with E-state index in [1.807, 2.05) is 29.2 Å². The molecule has 1 atom stereocenters. The van der Waals surface area contributed by atoms with Crippen LogP contribution in [0.5, 0.6) is 5.75 Å². The van der Waals surface area contributed by atoms with E-state index in [9.17, 15) is 4.79 Å².